The van der Waals surface area contributed by atoms with Crippen molar-refractivity contribution in [3.63, 3.8) is 0 Å². The molecule has 0 spiro atoms. The minimum Gasteiger partial charge on any atom is -0.382 e. The van der Waals surface area contributed by atoms with Gasteiger partial charge in [0.05, 0.1) is 13.2 Å². The number of hydrogen-bond acceptors (Lipinski definition) is 3. The van der Waals surface area contributed by atoms with Crippen LogP contribution in [0.3, 0.4) is 0 Å². The molecule has 0 N–H and O–H groups in total. The van der Waals surface area contributed by atoms with E-state index in [-0.39, 0.29) is 0 Å². The third kappa shape index (κ3) is 13.9. The Morgan fingerprint density at radius 2 is 1.40 bits per heavy atom. The lowest BCUT2D eigenvalue weighted by Gasteiger charge is -2.05. The van der Waals surface area contributed by atoms with Crippen LogP contribution in [0.4, 0.5) is 0 Å². The Bertz CT molecular complexity index is 95.0. The van der Waals surface area contributed by atoms with E-state index < -0.39 is 0 Å². The molecule has 0 saturated carbocycles. The van der Waals surface area contributed by atoms with E-state index in [1.807, 2.05) is 0 Å². The molecule has 0 aliphatic carbocycles. The average molecular weight is 218 g/mol. The van der Waals surface area contributed by atoms with Crippen LogP contribution in [0, 0.1) is 0 Å². The predicted octanol–water partition coefficient (Wildman–Crippen LogP) is 2.98. The first-order chi connectivity index (χ1) is 7.41. The molecule has 3 heteroatoms. The van der Waals surface area contributed by atoms with Crippen LogP contribution >= 0.6 is 0 Å². The van der Waals surface area contributed by atoms with Crippen LogP contribution in [0.1, 0.15) is 45.4 Å². The van der Waals surface area contributed by atoms with E-state index >= 15 is 0 Å². The van der Waals surface area contributed by atoms with Crippen LogP contribution in [0.15, 0.2) is 0 Å². The Kier molecular flexibility index (Phi) is 13.8. The lowest BCUT2D eigenvalue weighted by atomic mass is 10.1. The summed E-state index contributed by atoms with van der Waals surface area (Å²) in [6.07, 6.45) is 7.79. The fourth-order valence-corrected chi connectivity index (χ4v) is 1.30. The fraction of sp³-hybridized carbons (Fsp3) is 1.00. The molecular formula is C12H26O3. The number of ether oxygens (including phenoxy) is 3. The third-order valence-corrected chi connectivity index (χ3v) is 2.24. The van der Waals surface area contributed by atoms with E-state index in [4.69, 9.17) is 14.2 Å². The predicted molar refractivity (Wildman–Crippen MR) is 62.0 cm³/mol. The maximum Gasteiger partial charge on any atom is 0.146 e. The van der Waals surface area contributed by atoms with Crippen molar-refractivity contribution in [2.75, 3.05) is 33.7 Å². The van der Waals surface area contributed by atoms with Crippen LogP contribution < -0.4 is 0 Å². The van der Waals surface area contributed by atoms with Gasteiger partial charge >= 0.3 is 0 Å². The maximum absolute atomic E-state index is 5.31. The Morgan fingerprint density at radius 1 is 0.733 bits per heavy atom. The van der Waals surface area contributed by atoms with Crippen molar-refractivity contribution in [3.05, 3.63) is 0 Å². The van der Waals surface area contributed by atoms with Gasteiger partial charge in [-0.25, -0.2) is 0 Å². The topological polar surface area (TPSA) is 27.7 Å². The van der Waals surface area contributed by atoms with Crippen LogP contribution in [0.2, 0.25) is 0 Å². The zero-order chi connectivity index (χ0) is 11.2. The highest BCUT2D eigenvalue weighted by Crippen LogP contribution is 2.04. The summed E-state index contributed by atoms with van der Waals surface area (Å²) in [5.41, 5.74) is 0. The van der Waals surface area contributed by atoms with Crippen LogP contribution in [0.25, 0.3) is 0 Å². The average Bonchev–Trinajstić information content (AvgIpc) is 2.26. The van der Waals surface area contributed by atoms with Gasteiger partial charge in [-0.2, -0.15) is 0 Å². The number of unbranched alkanes of at least 4 members (excludes halogenated alkanes) is 5. The molecule has 0 unspecified atom stereocenters. The Balaban J connectivity index is 2.81. The summed E-state index contributed by atoms with van der Waals surface area (Å²) in [4.78, 5) is 0. The highest BCUT2D eigenvalue weighted by molar-refractivity contribution is 4.42. The SMILES string of the molecule is CCCCCCCCOCOCCOC. The summed E-state index contributed by atoms with van der Waals surface area (Å²) in [6.45, 7) is 4.71. The standard InChI is InChI=1S/C12H26O3/c1-3-4-5-6-7-8-9-14-12-15-11-10-13-2/h3-12H2,1-2H3. The van der Waals surface area contributed by atoms with Gasteiger partial charge in [-0.05, 0) is 6.42 Å². The lowest BCUT2D eigenvalue weighted by molar-refractivity contribution is -0.0664. The largest absolute Gasteiger partial charge is 0.382 e. The smallest absolute Gasteiger partial charge is 0.146 e. The van der Waals surface area contributed by atoms with Gasteiger partial charge in [0, 0.05) is 13.7 Å². The second-order valence-electron chi connectivity index (χ2n) is 3.69. The molecule has 0 aromatic carbocycles. The zero-order valence-electron chi connectivity index (χ0n) is 10.3. The molecule has 0 rings (SSSR count). The van der Waals surface area contributed by atoms with Crippen LogP contribution in [-0.2, 0) is 14.2 Å². The summed E-state index contributed by atoms with van der Waals surface area (Å²) in [5.74, 6) is 0. The van der Waals surface area contributed by atoms with Crippen molar-refractivity contribution in [1.82, 2.24) is 0 Å². The molecule has 0 aromatic heterocycles. The molecule has 0 fully saturated rings. The summed E-state index contributed by atoms with van der Waals surface area (Å²) >= 11 is 0. The maximum atomic E-state index is 5.31. The molecule has 0 bridgehead atoms. The van der Waals surface area contributed by atoms with Crippen molar-refractivity contribution in [1.29, 1.82) is 0 Å². The summed E-state index contributed by atoms with van der Waals surface area (Å²) in [7, 11) is 1.67. The van der Waals surface area contributed by atoms with Gasteiger partial charge in [0.2, 0.25) is 0 Å². The highest BCUT2D eigenvalue weighted by Gasteiger charge is 1.91. The van der Waals surface area contributed by atoms with Crippen LogP contribution in [-0.4, -0.2) is 33.7 Å². The Labute approximate surface area is 94.1 Å². The molecule has 0 aliphatic rings. The summed E-state index contributed by atoms with van der Waals surface area (Å²) in [5, 5.41) is 0. The van der Waals surface area contributed by atoms with E-state index in [9.17, 15) is 0 Å². The van der Waals surface area contributed by atoms with Gasteiger partial charge in [-0.3, -0.25) is 0 Å². The van der Waals surface area contributed by atoms with Gasteiger partial charge in [0.25, 0.3) is 0 Å². The molecule has 0 amide bonds. The number of methoxy groups -OCH3 is 1. The zero-order valence-corrected chi connectivity index (χ0v) is 10.3. The van der Waals surface area contributed by atoms with E-state index in [1.165, 1.54) is 32.1 Å². The monoisotopic (exact) mass is 218 g/mol. The minimum absolute atomic E-state index is 0.401. The molecule has 92 valence electrons. The molecule has 0 aliphatic heterocycles. The number of hydrogen-bond donors (Lipinski definition) is 0. The first kappa shape index (κ1) is 14.9. The van der Waals surface area contributed by atoms with E-state index in [0.29, 0.717) is 20.0 Å². The van der Waals surface area contributed by atoms with Crippen molar-refractivity contribution in [3.8, 4) is 0 Å². The van der Waals surface area contributed by atoms with Crippen molar-refractivity contribution >= 4 is 0 Å². The molecule has 0 heterocycles. The molecule has 15 heavy (non-hydrogen) atoms. The van der Waals surface area contributed by atoms with Crippen LogP contribution in [0.5, 0.6) is 0 Å². The molecule has 0 saturated heterocycles. The van der Waals surface area contributed by atoms with Gasteiger partial charge in [0.15, 0.2) is 0 Å². The molecular weight excluding hydrogens is 192 g/mol. The van der Waals surface area contributed by atoms with Gasteiger partial charge in [-0.15, -0.1) is 0 Å². The second kappa shape index (κ2) is 13.9. The van der Waals surface area contributed by atoms with E-state index in [0.717, 1.165) is 13.0 Å². The molecule has 0 atom stereocenters. The second-order valence-corrected chi connectivity index (χ2v) is 3.69. The summed E-state index contributed by atoms with van der Waals surface area (Å²) in [6, 6.07) is 0. The first-order valence-electron chi connectivity index (χ1n) is 6.06. The Hall–Kier alpha value is -0.120. The fourth-order valence-electron chi connectivity index (χ4n) is 1.30. The normalized spacial score (nSPS) is 10.8. The minimum atomic E-state index is 0.401. The van der Waals surface area contributed by atoms with Gasteiger partial charge in [0.1, 0.15) is 6.79 Å². The Morgan fingerprint density at radius 3 is 2.13 bits per heavy atom. The van der Waals surface area contributed by atoms with Crippen molar-refractivity contribution in [2.24, 2.45) is 0 Å². The third-order valence-electron chi connectivity index (χ3n) is 2.24. The first-order valence-corrected chi connectivity index (χ1v) is 6.06. The summed E-state index contributed by atoms with van der Waals surface area (Å²) < 4.78 is 15.3. The molecule has 0 aromatic rings. The lowest BCUT2D eigenvalue weighted by Crippen LogP contribution is -2.06. The van der Waals surface area contributed by atoms with Gasteiger partial charge in [-0.1, -0.05) is 39.0 Å². The van der Waals surface area contributed by atoms with Gasteiger partial charge < -0.3 is 14.2 Å². The van der Waals surface area contributed by atoms with E-state index in [2.05, 4.69) is 6.92 Å². The molecule has 3 nitrogen and oxygen atoms in total. The van der Waals surface area contributed by atoms with Crippen molar-refractivity contribution < 1.29 is 14.2 Å². The molecule has 0 radical (unpaired) electrons. The number of rotatable bonds is 12. The van der Waals surface area contributed by atoms with E-state index in [1.54, 1.807) is 7.11 Å². The highest BCUT2D eigenvalue weighted by atomic mass is 16.7. The van der Waals surface area contributed by atoms with Crippen molar-refractivity contribution in [2.45, 2.75) is 45.4 Å². The quantitative estimate of drug-likeness (QED) is 0.372.